The van der Waals surface area contributed by atoms with E-state index in [0.717, 1.165) is 53.1 Å². The quantitative estimate of drug-likeness (QED) is 0.163. The highest BCUT2D eigenvalue weighted by molar-refractivity contribution is 6.04. The topological polar surface area (TPSA) is 57.6 Å². The Morgan fingerprint density at radius 3 is 2.55 bits per heavy atom. The molecule has 0 bridgehead atoms. The van der Waals surface area contributed by atoms with Crippen molar-refractivity contribution in [3.8, 4) is 0 Å². The Kier molecular flexibility index (Phi) is 10.4. The van der Waals surface area contributed by atoms with E-state index in [1.807, 2.05) is 0 Å². The molecule has 5 rings (SSSR count). The molecule has 0 radical (unpaired) electrons. The van der Waals surface area contributed by atoms with E-state index >= 15 is 0 Å². The lowest BCUT2D eigenvalue weighted by Gasteiger charge is -2.35. The molecule has 3 atom stereocenters. The summed E-state index contributed by atoms with van der Waals surface area (Å²) in [6, 6.07) is 8.73. The second-order valence-electron chi connectivity index (χ2n) is 14.0. The second-order valence-corrected chi connectivity index (χ2v) is 14.0. The Morgan fingerprint density at radius 2 is 1.91 bits per heavy atom. The van der Waals surface area contributed by atoms with Crippen molar-refractivity contribution in [2.75, 3.05) is 0 Å². The van der Waals surface area contributed by atoms with Gasteiger partial charge in [0.2, 0.25) is 0 Å². The average molecular weight is 592 g/mol. The van der Waals surface area contributed by atoms with Crippen molar-refractivity contribution in [3.05, 3.63) is 88.3 Å². The van der Waals surface area contributed by atoms with Crippen molar-refractivity contribution >= 4 is 23.3 Å². The van der Waals surface area contributed by atoms with Crippen LogP contribution in [0.1, 0.15) is 142 Å². The predicted octanol–water partition coefficient (Wildman–Crippen LogP) is 10.7. The summed E-state index contributed by atoms with van der Waals surface area (Å²) in [5.41, 5.74) is 11.3. The van der Waals surface area contributed by atoms with Gasteiger partial charge in [-0.1, -0.05) is 95.5 Å². The summed E-state index contributed by atoms with van der Waals surface area (Å²) in [6.07, 6.45) is 16.5. The van der Waals surface area contributed by atoms with Crippen LogP contribution in [0.25, 0.3) is 5.57 Å². The minimum absolute atomic E-state index is 0.168. The molecule has 0 spiro atoms. The maximum absolute atomic E-state index is 14.5. The number of carbonyl (C=O) groups is 1. The third-order valence-electron chi connectivity index (χ3n) is 10.3. The van der Waals surface area contributed by atoms with E-state index in [4.69, 9.17) is 0 Å². The second kappa shape index (κ2) is 14.2. The van der Waals surface area contributed by atoms with Crippen LogP contribution < -0.4 is 0 Å². The van der Waals surface area contributed by atoms with E-state index in [9.17, 15) is 4.79 Å². The summed E-state index contributed by atoms with van der Waals surface area (Å²) >= 11 is 0. The van der Waals surface area contributed by atoms with Crippen LogP contribution in [-0.2, 0) is 6.42 Å². The van der Waals surface area contributed by atoms with Gasteiger partial charge in [-0.15, -0.1) is 0 Å². The number of hydrogen-bond acceptors (Lipinski definition) is 3. The van der Waals surface area contributed by atoms with Crippen LogP contribution in [-0.4, -0.2) is 22.7 Å². The van der Waals surface area contributed by atoms with E-state index < -0.39 is 0 Å². The lowest BCUT2D eigenvalue weighted by molar-refractivity contribution is 0.0961. The molecule has 234 valence electrons. The minimum Gasteiger partial charge on any atom is -0.355 e. The van der Waals surface area contributed by atoms with Crippen LogP contribution in [0.15, 0.2) is 64.8 Å². The number of allylic oxidation sites excluding steroid dienone is 4. The zero-order chi connectivity index (χ0) is 31.4. The fourth-order valence-corrected chi connectivity index (χ4v) is 7.39. The molecule has 1 aromatic heterocycles. The largest absolute Gasteiger partial charge is 0.355 e. The lowest BCUT2D eigenvalue weighted by Crippen LogP contribution is -2.28. The fourth-order valence-electron chi connectivity index (χ4n) is 7.39. The van der Waals surface area contributed by atoms with Gasteiger partial charge in [-0.2, -0.15) is 10.2 Å². The summed E-state index contributed by atoms with van der Waals surface area (Å²) < 4.78 is 0. The Balaban J connectivity index is 1.44. The number of aromatic amines is 1. The van der Waals surface area contributed by atoms with Gasteiger partial charge in [0.15, 0.2) is 5.78 Å². The van der Waals surface area contributed by atoms with Crippen LogP contribution in [0.2, 0.25) is 0 Å². The standard InChI is InChI=1S/C40H53N3O/c1-8-10-13-25(3)20-26(4)21-35-29(7)37(34(9-2)30-18-19-30)39(42-35)40(44)28(6)32-16-12-17-33(23-32)38(31-14-11-15-31)36-22-27(5)24-41-43-36/h9,12,16-17,23-25,28,30-31,38,42H,4-5,8,10-11,13-15,18-22H2,1-3,6-7H3/b34-9-/t25-,28+,38-/m1/s1. The number of hydrogen-bond donors (Lipinski definition) is 1. The fraction of sp³-hybridized carbons (Fsp3) is 0.525. The molecular formula is C40H53N3O. The number of unbranched alkanes of at least 4 members (excludes halogenated alkanes) is 1. The highest BCUT2D eigenvalue weighted by atomic mass is 16.1. The van der Waals surface area contributed by atoms with Crippen LogP contribution in [0.3, 0.4) is 0 Å². The first-order chi connectivity index (χ1) is 21.2. The van der Waals surface area contributed by atoms with Gasteiger partial charge in [-0.25, -0.2) is 0 Å². The highest BCUT2D eigenvalue weighted by Gasteiger charge is 2.35. The summed E-state index contributed by atoms with van der Waals surface area (Å²) in [5.74, 6) is 1.90. The Hall–Kier alpha value is -3.27. The predicted molar refractivity (Wildman–Crippen MR) is 187 cm³/mol. The number of nitrogens with zero attached hydrogens (tertiary/aromatic N) is 2. The molecule has 1 N–H and O–H groups in total. The van der Waals surface area contributed by atoms with Gasteiger partial charge in [0.1, 0.15) is 0 Å². The van der Waals surface area contributed by atoms with E-state index in [2.05, 4.69) is 93.3 Å². The van der Waals surface area contributed by atoms with E-state index in [1.165, 1.54) is 73.6 Å². The molecule has 2 fully saturated rings. The number of aromatic nitrogens is 1. The molecule has 2 heterocycles. The van der Waals surface area contributed by atoms with E-state index in [1.54, 1.807) is 6.21 Å². The van der Waals surface area contributed by atoms with Crippen molar-refractivity contribution in [2.45, 2.75) is 117 Å². The molecule has 0 saturated heterocycles. The highest BCUT2D eigenvalue weighted by Crippen LogP contribution is 2.46. The monoisotopic (exact) mass is 591 g/mol. The van der Waals surface area contributed by atoms with Crippen molar-refractivity contribution in [2.24, 2.45) is 28.0 Å². The number of carbonyl (C=O) groups excluding carboxylic acids is 1. The maximum Gasteiger partial charge on any atom is 0.186 e. The van der Waals surface area contributed by atoms with Gasteiger partial charge >= 0.3 is 0 Å². The molecule has 44 heavy (non-hydrogen) atoms. The summed E-state index contributed by atoms with van der Waals surface area (Å²) in [6.45, 7) is 19.6. The molecule has 0 unspecified atom stereocenters. The summed E-state index contributed by atoms with van der Waals surface area (Å²) in [7, 11) is 0. The maximum atomic E-state index is 14.5. The molecule has 4 heteroatoms. The van der Waals surface area contributed by atoms with Gasteiger partial charge in [0.25, 0.3) is 0 Å². The zero-order valence-corrected chi connectivity index (χ0v) is 27.8. The number of rotatable bonds is 15. The SMILES string of the molecule is C=C1C=NN=C([C@@H](c2cccc([C@H](C)C(=O)c3[nH]c(CC(=C)C[C@H](C)CCCC)c(C)c3/C(=C\C)C3CC3)c2)C2CCC2)C1. The van der Waals surface area contributed by atoms with Gasteiger partial charge < -0.3 is 4.98 Å². The van der Waals surface area contributed by atoms with Gasteiger partial charge in [0.05, 0.1) is 17.6 Å². The third kappa shape index (κ3) is 7.16. The normalized spacial score (nSPS) is 19.3. The Labute approximate surface area is 265 Å². The first-order valence-electron chi connectivity index (χ1n) is 17.2. The average Bonchev–Trinajstić information content (AvgIpc) is 3.78. The van der Waals surface area contributed by atoms with Crippen molar-refractivity contribution in [3.63, 3.8) is 0 Å². The van der Waals surface area contributed by atoms with Crippen LogP contribution in [0.4, 0.5) is 0 Å². The van der Waals surface area contributed by atoms with Crippen molar-refractivity contribution in [1.82, 2.24) is 4.98 Å². The summed E-state index contributed by atoms with van der Waals surface area (Å²) in [4.78, 5) is 18.1. The molecule has 3 aliphatic rings. The summed E-state index contributed by atoms with van der Waals surface area (Å²) in [5, 5.41) is 8.85. The van der Waals surface area contributed by atoms with Crippen molar-refractivity contribution in [1.29, 1.82) is 0 Å². The number of H-pyrrole nitrogens is 1. The third-order valence-corrected chi connectivity index (χ3v) is 10.3. The molecule has 2 aliphatic carbocycles. The van der Waals surface area contributed by atoms with Gasteiger partial charge in [-0.3, -0.25) is 4.79 Å². The lowest BCUT2D eigenvalue weighted by atomic mass is 9.69. The van der Waals surface area contributed by atoms with Crippen molar-refractivity contribution < 1.29 is 4.79 Å². The molecule has 1 aromatic carbocycles. The molecule has 2 aromatic rings. The molecule has 4 nitrogen and oxygen atoms in total. The Bertz CT molecular complexity index is 1480. The van der Waals surface area contributed by atoms with Crippen LogP contribution in [0.5, 0.6) is 0 Å². The number of benzene rings is 1. The van der Waals surface area contributed by atoms with Crippen LogP contribution in [0, 0.1) is 24.7 Å². The minimum atomic E-state index is -0.266. The smallest absolute Gasteiger partial charge is 0.186 e. The van der Waals surface area contributed by atoms with Crippen LogP contribution >= 0.6 is 0 Å². The number of Topliss-reactive ketones (excluding diaryl/α,β-unsaturated/α-hetero) is 1. The number of ketones is 1. The molecule has 0 amide bonds. The van der Waals surface area contributed by atoms with Gasteiger partial charge in [-0.05, 0) is 91.5 Å². The zero-order valence-electron chi connectivity index (χ0n) is 27.8. The van der Waals surface area contributed by atoms with E-state index in [0.29, 0.717) is 17.8 Å². The number of nitrogens with one attached hydrogen (secondary N) is 1. The molecule has 1 aliphatic heterocycles. The molecular weight excluding hydrogens is 538 g/mol. The molecule has 2 saturated carbocycles. The first-order valence-corrected chi connectivity index (χ1v) is 17.2. The van der Waals surface area contributed by atoms with E-state index in [-0.39, 0.29) is 17.6 Å². The van der Waals surface area contributed by atoms with Gasteiger partial charge in [0, 0.05) is 35.9 Å². The Morgan fingerprint density at radius 1 is 1.16 bits per heavy atom. The first kappa shape index (κ1) is 32.1.